The second-order valence-electron chi connectivity index (χ2n) is 5.95. The molecule has 126 valence electrons. The number of aromatic nitrogens is 2. The summed E-state index contributed by atoms with van der Waals surface area (Å²) in [5.41, 5.74) is 6.97. The molecule has 6 nitrogen and oxygen atoms in total. The average molecular weight is 343 g/mol. The lowest BCUT2D eigenvalue weighted by Crippen LogP contribution is -2.37. The Morgan fingerprint density at radius 3 is 3.17 bits per heavy atom. The molecule has 1 saturated heterocycles. The van der Waals surface area contributed by atoms with E-state index in [9.17, 15) is 4.79 Å². The zero-order valence-electron chi connectivity index (χ0n) is 13.4. The van der Waals surface area contributed by atoms with Crippen molar-refractivity contribution in [1.29, 1.82) is 5.41 Å². The van der Waals surface area contributed by atoms with Crippen molar-refractivity contribution in [3.63, 3.8) is 0 Å². The lowest BCUT2D eigenvalue weighted by molar-refractivity contribution is 0.221. The number of rotatable bonds is 5. The number of aromatic amines is 1. The summed E-state index contributed by atoms with van der Waals surface area (Å²) < 4.78 is 0. The van der Waals surface area contributed by atoms with Crippen LogP contribution in [-0.4, -0.2) is 40.7 Å². The van der Waals surface area contributed by atoms with Gasteiger partial charge in [-0.3, -0.25) is 9.69 Å². The van der Waals surface area contributed by atoms with E-state index in [4.69, 9.17) is 16.1 Å². The van der Waals surface area contributed by atoms with Crippen molar-refractivity contribution in [2.45, 2.75) is 18.8 Å². The number of nitrogens with one attached hydrogen (secondary N) is 2. The first-order chi connectivity index (χ1) is 11.7. The maximum atomic E-state index is 12.0. The second kappa shape index (κ2) is 7.55. The van der Waals surface area contributed by atoms with Crippen molar-refractivity contribution < 1.29 is 0 Å². The van der Waals surface area contributed by atoms with E-state index < -0.39 is 0 Å². The van der Waals surface area contributed by atoms with Crippen molar-refractivity contribution in [3.05, 3.63) is 51.5 Å². The molecule has 0 radical (unpaired) electrons. The Balaban J connectivity index is 1.81. The molecule has 0 spiro atoms. The minimum absolute atomic E-state index is 0.109. The highest BCUT2D eigenvalue weighted by Crippen LogP contribution is 2.27. The van der Waals surface area contributed by atoms with Gasteiger partial charge in [-0.2, -0.15) is 0 Å². The number of likely N-dealkylation sites (tertiary alicyclic amines) is 1. The van der Waals surface area contributed by atoms with Gasteiger partial charge in [0.05, 0.1) is 10.6 Å². The molecule has 2 aromatic heterocycles. The normalized spacial score (nSPS) is 19.3. The predicted octanol–water partition coefficient (Wildman–Crippen LogP) is 2.17. The van der Waals surface area contributed by atoms with Crippen molar-refractivity contribution in [3.8, 4) is 10.6 Å². The Labute approximate surface area is 144 Å². The Hall–Kier alpha value is -2.25. The minimum atomic E-state index is -0.109. The summed E-state index contributed by atoms with van der Waals surface area (Å²) in [6.45, 7) is 2.43. The van der Waals surface area contributed by atoms with E-state index in [1.54, 1.807) is 17.4 Å². The number of H-pyrrole nitrogens is 1. The highest BCUT2D eigenvalue weighted by molar-refractivity contribution is 7.13. The SMILES string of the molecule is N=CC(=CN)CN1CCCC(c2nc(-c3cccs3)cc(=O)[nH]2)C1. The number of hydrogen-bond acceptors (Lipinski definition) is 6. The van der Waals surface area contributed by atoms with Crippen LogP contribution in [0.4, 0.5) is 0 Å². The van der Waals surface area contributed by atoms with Gasteiger partial charge >= 0.3 is 0 Å². The smallest absolute Gasteiger partial charge is 0.251 e. The zero-order chi connectivity index (χ0) is 16.9. The number of piperidine rings is 1. The molecule has 24 heavy (non-hydrogen) atoms. The number of nitrogens with two attached hydrogens (primary N) is 1. The van der Waals surface area contributed by atoms with Gasteiger partial charge in [0.25, 0.3) is 5.56 Å². The second-order valence-corrected chi connectivity index (χ2v) is 6.90. The van der Waals surface area contributed by atoms with Crippen LogP contribution in [0.25, 0.3) is 10.6 Å². The molecule has 1 aliphatic heterocycles. The fourth-order valence-electron chi connectivity index (χ4n) is 3.05. The first-order valence-corrected chi connectivity index (χ1v) is 8.86. The maximum absolute atomic E-state index is 12.0. The van der Waals surface area contributed by atoms with Gasteiger partial charge in [0.2, 0.25) is 0 Å². The van der Waals surface area contributed by atoms with E-state index in [0.29, 0.717) is 6.54 Å². The molecule has 1 fully saturated rings. The first-order valence-electron chi connectivity index (χ1n) is 7.98. The fraction of sp³-hybridized carbons (Fsp3) is 0.353. The molecule has 3 heterocycles. The Morgan fingerprint density at radius 2 is 2.46 bits per heavy atom. The summed E-state index contributed by atoms with van der Waals surface area (Å²) in [7, 11) is 0. The molecular weight excluding hydrogens is 322 g/mol. The van der Waals surface area contributed by atoms with E-state index in [1.807, 2.05) is 17.5 Å². The summed E-state index contributed by atoms with van der Waals surface area (Å²) in [4.78, 5) is 22.9. The molecule has 7 heteroatoms. The fourth-order valence-corrected chi connectivity index (χ4v) is 3.73. The number of hydrogen-bond donors (Lipinski definition) is 3. The lowest BCUT2D eigenvalue weighted by Gasteiger charge is -2.32. The van der Waals surface area contributed by atoms with Gasteiger partial charge in [-0.1, -0.05) is 6.07 Å². The van der Waals surface area contributed by atoms with E-state index in [2.05, 4.69) is 9.88 Å². The van der Waals surface area contributed by atoms with Gasteiger partial charge in [-0.25, -0.2) is 4.98 Å². The lowest BCUT2D eigenvalue weighted by atomic mass is 9.96. The monoisotopic (exact) mass is 343 g/mol. The van der Waals surface area contributed by atoms with Crippen LogP contribution in [-0.2, 0) is 0 Å². The molecule has 1 unspecified atom stereocenters. The summed E-state index contributed by atoms with van der Waals surface area (Å²) in [5, 5.41) is 9.35. The van der Waals surface area contributed by atoms with E-state index in [0.717, 1.165) is 47.9 Å². The Morgan fingerprint density at radius 1 is 1.58 bits per heavy atom. The third kappa shape index (κ3) is 3.80. The molecular formula is C17H21N5OS. The Bertz CT molecular complexity index is 781. The number of nitrogens with zero attached hydrogens (tertiary/aromatic N) is 2. The van der Waals surface area contributed by atoms with Crippen LogP contribution in [0, 0.1) is 5.41 Å². The van der Waals surface area contributed by atoms with Crippen LogP contribution in [0.5, 0.6) is 0 Å². The van der Waals surface area contributed by atoms with Crippen LogP contribution in [0.3, 0.4) is 0 Å². The van der Waals surface area contributed by atoms with Crippen LogP contribution in [0.1, 0.15) is 24.6 Å². The maximum Gasteiger partial charge on any atom is 0.251 e. The molecule has 2 aromatic rings. The van der Waals surface area contributed by atoms with Crippen molar-refractivity contribution in [2.24, 2.45) is 5.73 Å². The van der Waals surface area contributed by atoms with Gasteiger partial charge < -0.3 is 16.1 Å². The first kappa shape index (κ1) is 16.6. The molecule has 1 aliphatic rings. The van der Waals surface area contributed by atoms with E-state index >= 15 is 0 Å². The van der Waals surface area contributed by atoms with Crippen molar-refractivity contribution in [2.75, 3.05) is 19.6 Å². The van der Waals surface area contributed by atoms with Crippen LogP contribution in [0.2, 0.25) is 0 Å². The van der Waals surface area contributed by atoms with Gasteiger partial charge in [0.1, 0.15) is 5.82 Å². The summed E-state index contributed by atoms with van der Waals surface area (Å²) in [6, 6.07) is 5.50. The number of thiophene rings is 1. The largest absolute Gasteiger partial charge is 0.404 e. The van der Waals surface area contributed by atoms with E-state index in [1.165, 1.54) is 12.4 Å². The molecule has 4 N–H and O–H groups in total. The van der Waals surface area contributed by atoms with Crippen LogP contribution < -0.4 is 11.3 Å². The van der Waals surface area contributed by atoms with Gasteiger partial charge in [0.15, 0.2) is 0 Å². The highest BCUT2D eigenvalue weighted by atomic mass is 32.1. The molecule has 1 atom stereocenters. The topological polar surface area (TPSA) is 98.9 Å². The summed E-state index contributed by atoms with van der Waals surface area (Å²) in [5.74, 6) is 0.944. The zero-order valence-corrected chi connectivity index (χ0v) is 14.2. The van der Waals surface area contributed by atoms with Gasteiger partial charge in [-0.15, -0.1) is 11.3 Å². The third-order valence-corrected chi connectivity index (χ3v) is 5.12. The standard InChI is InChI=1S/C17H21N5OS/c18-8-12(9-19)10-22-5-1-3-13(11-22)17-20-14(7-16(23)21-17)15-4-2-6-24-15/h2,4,6-9,13,18H,1,3,5,10-11,19H2,(H,20,21,23). The molecule has 0 aromatic carbocycles. The summed E-state index contributed by atoms with van der Waals surface area (Å²) in [6.07, 6.45) is 4.81. The highest BCUT2D eigenvalue weighted by Gasteiger charge is 2.24. The van der Waals surface area contributed by atoms with Crippen molar-refractivity contribution in [1.82, 2.24) is 14.9 Å². The molecule has 0 aliphatic carbocycles. The van der Waals surface area contributed by atoms with Gasteiger partial charge in [-0.05, 0) is 42.6 Å². The van der Waals surface area contributed by atoms with Gasteiger partial charge in [0, 0.05) is 31.3 Å². The molecule has 0 amide bonds. The Kier molecular flexibility index (Phi) is 5.22. The quantitative estimate of drug-likeness (QED) is 0.725. The van der Waals surface area contributed by atoms with Crippen molar-refractivity contribution >= 4 is 17.6 Å². The summed E-state index contributed by atoms with van der Waals surface area (Å²) >= 11 is 1.58. The molecule has 0 bridgehead atoms. The predicted molar refractivity (Wildman–Crippen MR) is 97.6 cm³/mol. The molecule has 0 saturated carbocycles. The van der Waals surface area contributed by atoms with Crippen LogP contribution in [0.15, 0.2) is 40.1 Å². The third-order valence-electron chi connectivity index (χ3n) is 4.23. The average Bonchev–Trinajstić information content (AvgIpc) is 3.14. The minimum Gasteiger partial charge on any atom is -0.404 e. The van der Waals surface area contributed by atoms with Crippen LogP contribution >= 0.6 is 11.3 Å². The molecule has 3 rings (SSSR count). The van der Waals surface area contributed by atoms with E-state index in [-0.39, 0.29) is 11.5 Å².